The van der Waals surface area contributed by atoms with Gasteiger partial charge in [-0.15, -0.1) is 0 Å². The Morgan fingerprint density at radius 3 is 1.93 bits per heavy atom. The van der Waals surface area contributed by atoms with Gasteiger partial charge in [-0.3, -0.25) is 0 Å². The fraction of sp³-hybridized carbons (Fsp3) is 0.240. The fourth-order valence-corrected chi connectivity index (χ4v) is 4.03. The lowest BCUT2D eigenvalue weighted by atomic mass is 9.79. The Morgan fingerprint density at radius 2 is 1.36 bits per heavy atom. The Morgan fingerprint density at radius 1 is 0.821 bits per heavy atom. The monoisotopic (exact) mass is 374 g/mol. The lowest BCUT2D eigenvalue weighted by Crippen LogP contribution is -2.10. The van der Waals surface area contributed by atoms with Crippen LogP contribution in [0.3, 0.4) is 0 Å². The van der Waals surface area contributed by atoms with Crippen LogP contribution >= 0.6 is 0 Å². The van der Waals surface area contributed by atoms with E-state index in [2.05, 4.69) is 45.0 Å². The number of aromatic carboxylic acids is 1. The zero-order valence-corrected chi connectivity index (χ0v) is 16.5. The van der Waals surface area contributed by atoms with Crippen LogP contribution in [0.2, 0.25) is 0 Å². The molecule has 3 aromatic rings. The zero-order valence-electron chi connectivity index (χ0n) is 16.5. The summed E-state index contributed by atoms with van der Waals surface area (Å²) in [6, 6.07) is 21.4. The summed E-state index contributed by atoms with van der Waals surface area (Å²) in [6.07, 6.45) is 0.770. The van der Waals surface area contributed by atoms with Crippen molar-refractivity contribution < 1.29 is 15.0 Å². The van der Waals surface area contributed by atoms with Gasteiger partial charge in [0.05, 0.1) is 0 Å². The molecule has 0 aliphatic heterocycles. The molecule has 2 atom stereocenters. The molecule has 0 bridgehead atoms. The number of phenols is 1. The van der Waals surface area contributed by atoms with Crippen molar-refractivity contribution in [3.63, 3.8) is 0 Å². The Kier molecular flexibility index (Phi) is 5.84. The van der Waals surface area contributed by atoms with Gasteiger partial charge in [0.15, 0.2) is 0 Å². The van der Waals surface area contributed by atoms with Crippen LogP contribution in [-0.4, -0.2) is 16.2 Å². The topological polar surface area (TPSA) is 57.5 Å². The van der Waals surface area contributed by atoms with Gasteiger partial charge in [-0.05, 0) is 54.5 Å². The molecule has 0 amide bonds. The van der Waals surface area contributed by atoms with Gasteiger partial charge in [0.2, 0.25) is 0 Å². The largest absolute Gasteiger partial charge is 0.507 e. The second-order valence-electron chi connectivity index (χ2n) is 7.45. The van der Waals surface area contributed by atoms with E-state index in [1.54, 1.807) is 6.07 Å². The average molecular weight is 374 g/mol. The number of benzene rings is 3. The smallest absolute Gasteiger partial charge is 0.339 e. The fourth-order valence-electron chi connectivity index (χ4n) is 4.03. The van der Waals surface area contributed by atoms with Crippen LogP contribution in [0.4, 0.5) is 0 Å². The van der Waals surface area contributed by atoms with Crippen LogP contribution in [0.1, 0.15) is 63.4 Å². The Bertz CT molecular complexity index is 991. The summed E-state index contributed by atoms with van der Waals surface area (Å²) in [5, 5.41) is 20.2. The van der Waals surface area contributed by atoms with Crippen molar-refractivity contribution in [3.05, 3.63) is 100 Å². The van der Waals surface area contributed by atoms with Crippen LogP contribution in [0.5, 0.6) is 5.75 Å². The van der Waals surface area contributed by atoms with Gasteiger partial charge in [0.25, 0.3) is 0 Å². The van der Waals surface area contributed by atoms with E-state index in [-0.39, 0.29) is 23.1 Å². The quantitative estimate of drug-likeness (QED) is 0.553. The molecule has 3 aromatic carbocycles. The number of carboxylic acid groups (broad SMARTS) is 1. The molecule has 0 aliphatic rings. The molecule has 0 radical (unpaired) electrons. The first kappa shape index (κ1) is 19.7. The summed E-state index contributed by atoms with van der Waals surface area (Å²) in [7, 11) is 0. The highest BCUT2D eigenvalue weighted by molar-refractivity contribution is 5.91. The first-order valence-electron chi connectivity index (χ1n) is 9.56. The second kappa shape index (κ2) is 8.30. The zero-order chi connectivity index (χ0) is 20.3. The van der Waals surface area contributed by atoms with Crippen LogP contribution in [0.15, 0.2) is 66.7 Å². The number of hydrogen-bond donors (Lipinski definition) is 2. The van der Waals surface area contributed by atoms with Crippen molar-refractivity contribution in [2.24, 2.45) is 0 Å². The predicted molar refractivity (Wildman–Crippen MR) is 112 cm³/mol. The standard InChI is InChI=1S/C25H26O3/c1-16-9-4-6-11-19(16)18(3)15-23(20-12-7-5-10-17(20)2)21-13-8-14-22(24(21)26)25(27)28/h4-14,18,23,26H,15H2,1-3H3,(H,27,28). The summed E-state index contributed by atoms with van der Waals surface area (Å²) >= 11 is 0. The number of rotatable bonds is 6. The first-order chi connectivity index (χ1) is 13.4. The van der Waals surface area contributed by atoms with E-state index in [9.17, 15) is 15.0 Å². The normalized spacial score (nSPS) is 13.1. The average Bonchev–Trinajstić information content (AvgIpc) is 2.67. The van der Waals surface area contributed by atoms with E-state index in [1.165, 1.54) is 17.2 Å². The lowest BCUT2D eigenvalue weighted by Gasteiger charge is -2.26. The highest BCUT2D eigenvalue weighted by Gasteiger charge is 2.25. The van der Waals surface area contributed by atoms with Crippen molar-refractivity contribution in [3.8, 4) is 5.75 Å². The Balaban J connectivity index is 2.10. The van der Waals surface area contributed by atoms with Crippen molar-refractivity contribution in [2.45, 2.75) is 39.0 Å². The Labute approximate surface area is 166 Å². The SMILES string of the molecule is Cc1ccccc1C(C)CC(c1ccccc1C)c1cccc(C(=O)O)c1O. The predicted octanol–water partition coefficient (Wildman–Crippen LogP) is 6.03. The molecule has 0 aliphatic carbocycles. The van der Waals surface area contributed by atoms with Crippen LogP contribution < -0.4 is 0 Å². The van der Waals surface area contributed by atoms with Crippen LogP contribution in [0.25, 0.3) is 0 Å². The van der Waals surface area contributed by atoms with E-state index in [4.69, 9.17) is 0 Å². The van der Waals surface area contributed by atoms with Gasteiger partial charge in [-0.2, -0.15) is 0 Å². The third kappa shape index (κ3) is 3.94. The molecule has 144 valence electrons. The van der Waals surface area contributed by atoms with Gasteiger partial charge in [-0.25, -0.2) is 4.79 Å². The second-order valence-corrected chi connectivity index (χ2v) is 7.45. The van der Waals surface area contributed by atoms with Gasteiger partial charge in [0, 0.05) is 11.5 Å². The highest BCUT2D eigenvalue weighted by atomic mass is 16.4. The minimum absolute atomic E-state index is 0.0559. The Hall–Kier alpha value is -3.07. The van der Waals surface area contributed by atoms with Gasteiger partial charge in [0.1, 0.15) is 11.3 Å². The third-order valence-corrected chi connectivity index (χ3v) is 5.55. The molecule has 3 nitrogen and oxygen atoms in total. The van der Waals surface area contributed by atoms with Gasteiger partial charge >= 0.3 is 5.97 Å². The van der Waals surface area contributed by atoms with Crippen molar-refractivity contribution in [1.82, 2.24) is 0 Å². The molecule has 0 aromatic heterocycles. The molecule has 28 heavy (non-hydrogen) atoms. The molecule has 0 heterocycles. The third-order valence-electron chi connectivity index (χ3n) is 5.55. The first-order valence-corrected chi connectivity index (χ1v) is 9.56. The molecular formula is C25H26O3. The van der Waals surface area contributed by atoms with E-state index >= 15 is 0 Å². The molecule has 3 heteroatoms. The van der Waals surface area contributed by atoms with Crippen molar-refractivity contribution in [2.75, 3.05) is 0 Å². The van der Waals surface area contributed by atoms with E-state index in [1.807, 2.05) is 30.3 Å². The molecule has 2 N–H and O–H groups in total. The lowest BCUT2D eigenvalue weighted by molar-refractivity contribution is 0.0693. The van der Waals surface area contributed by atoms with Crippen molar-refractivity contribution in [1.29, 1.82) is 0 Å². The molecule has 0 fully saturated rings. The van der Waals surface area contributed by atoms with E-state index < -0.39 is 5.97 Å². The maximum absolute atomic E-state index is 11.5. The van der Waals surface area contributed by atoms with Crippen molar-refractivity contribution >= 4 is 5.97 Å². The highest BCUT2D eigenvalue weighted by Crippen LogP contribution is 2.41. The summed E-state index contributed by atoms with van der Waals surface area (Å²) in [5.74, 6) is -1.11. The molecule has 0 spiro atoms. The van der Waals surface area contributed by atoms with E-state index in [0.29, 0.717) is 5.56 Å². The maximum atomic E-state index is 11.5. The molecule has 3 rings (SSSR count). The van der Waals surface area contributed by atoms with Gasteiger partial charge in [-0.1, -0.05) is 67.6 Å². The van der Waals surface area contributed by atoms with Crippen LogP contribution in [0, 0.1) is 13.8 Å². The molecule has 0 saturated heterocycles. The molecule has 0 saturated carbocycles. The minimum atomic E-state index is -1.12. The van der Waals surface area contributed by atoms with Gasteiger partial charge < -0.3 is 10.2 Å². The number of carbonyl (C=O) groups is 1. The summed E-state index contributed by atoms with van der Waals surface area (Å²) in [6.45, 7) is 6.35. The number of para-hydroxylation sites is 1. The number of aromatic hydroxyl groups is 1. The molecular weight excluding hydrogens is 348 g/mol. The maximum Gasteiger partial charge on any atom is 0.339 e. The van der Waals surface area contributed by atoms with Crippen LogP contribution in [-0.2, 0) is 0 Å². The minimum Gasteiger partial charge on any atom is -0.507 e. The molecule has 2 unspecified atom stereocenters. The summed E-state index contributed by atoms with van der Waals surface area (Å²) in [4.78, 5) is 11.5. The summed E-state index contributed by atoms with van der Waals surface area (Å²) in [5.41, 5.74) is 5.36. The van der Waals surface area contributed by atoms with E-state index in [0.717, 1.165) is 17.5 Å². The number of carboxylic acids is 1. The number of aryl methyl sites for hydroxylation is 2. The number of hydrogen-bond acceptors (Lipinski definition) is 2. The summed E-state index contributed by atoms with van der Waals surface area (Å²) < 4.78 is 0.